The normalized spacial score (nSPS) is 15.7. The fourth-order valence-corrected chi connectivity index (χ4v) is 3.50. The SMILES string of the molecule is COc1ccc(C(=O)NC(=S)Nc2ccc(OCC3CCCO3)cc2)cc1Br. The van der Waals surface area contributed by atoms with Crippen molar-refractivity contribution in [3.8, 4) is 11.5 Å². The van der Waals surface area contributed by atoms with Gasteiger partial charge in [0, 0.05) is 17.9 Å². The molecule has 0 radical (unpaired) electrons. The van der Waals surface area contributed by atoms with Gasteiger partial charge in [-0.2, -0.15) is 0 Å². The lowest BCUT2D eigenvalue weighted by atomic mass is 10.2. The van der Waals surface area contributed by atoms with Gasteiger partial charge in [-0.25, -0.2) is 0 Å². The highest BCUT2D eigenvalue weighted by Gasteiger charge is 2.16. The molecule has 0 aromatic heterocycles. The lowest BCUT2D eigenvalue weighted by Crippen LogP contribution is -2.34. The van der Waals surface area contributed by atoms with Crippen LogP contribution in [0, 0.1) is 0 Å². The van der Waals surface area contributed by atoms with E-state index in [1.165, 1.54) is 0 Å². The molecule has 8 heteroatoms. The first-order chi connectivity index (χ1) is 13.5. The van der Waals surface area contributed by atoms with Gasteiger partial charge in [-0.05, 0) is 83.5 Å². The first-order valence-corrected chi connectivity index (χ1v) is 10.1. The average molecular weight is 465 g/mol. The maximum atomic E-state index is 12.3. The van der Waals surface area contributed by atoms with Gasteiger partial charge < -0.3 is 19.5 Å². The molecule has 0 spiro atoms. The van der Waals surface area contributed by atoms with Crippen LogP contribution in [0.1, 0.15) is 23.2 Å². The fraction of sp³-hybridized carbons (Fsp3) is 0.300. The van der Waals surface area contributed by atoms with E-state index < -0.39 is 0 Å². The third kappa shape index (κ3) is 5.67. The molecule has 2 aromatic carbocycles. The third-order valence-corrected chi connectivity index (χ3v) is 5.04. The number of nitrogens with one attached hydrogen (secondary N) is 2. The smallest absolute Gasteiger partial charge is 0.257 e. The van der Waals surface area contributed by atoms with E-state index in [2.05, 4.69) is 26.6 Å². The van der Waals surface area contributed by atoms with Crippen LogP contribution in [-0.2, 0) is 4.74 Å². The molecule has 0 aliphatic carbocycles. The van der Waals surface area contributed by atoms with Crippen LogP contribution in [0.3, 0.4) is 0 Å². The number of rotatable bonds is 6. The van der Waals surface area contributed by atoms with Gasteiger partial charge in [0.2, 0.25) is 0 Å². The molecule has 1 fully saturated rings. The Morgan fingerprint density at radius 3 is 2.71 bits per heavy atom. The molecule has 1 saturated heterocycles. The first kappa shape index (κ1) is 20.6. The standard InChI is InChI=1S/C20H21BrN2O4S/c1-25-18-9-4-13(11-17(18)21)19(24)23-20(28)22-14-5-7-15(8-6-14)27-12-16-3-2-10-26-16/h4-9,11,16H,2-3,10,12H2,1H3,(H2,22,23,24,28). The lowest BCUT2D eigenvalue weighted by Gasteiger charge is -2.13. The topological polar surface area (TPSA) is 68.8 Å². The Morgan fingerprint density at radius 2 is 2.07 bits per heavy atom. The largest absolute Gasteiger partial charge is 0.496 e. The molecule has 2 aromatic rings. The molecule has 28 heavy (non-hydrogen) atoms. The van der Waals surface area contributed by atoms with Gasteiger partial charge in [0.25, 0.3) is 5.91 Å². The quantitative estimate of drug-likeness (QED) is 0.626. The Balaban J connectivity index is 1.49. The van der Waals surface area contributed by atoms with E-state index in [1.807, 2.05) is 24.3 Å². The highest BCUT2D eigenvalue weighted by molar-refractivity contribution is 9.10. The molecule has 3 rings (SSSR count). The van der Waals surface area contributed by atoms with E-state index in [0.29, 0.717) is 22.4 Å². The predicted molar refractivity (Wildman–Crippen MR) is 115 cm³/mol. The number of carbonyl (C=O) groups excluding carboxylic acids is 1. The molecule has 6 nitrogen and oxygen atoms in total. The van der Waals surface area contributed by atoms with E-state index in [0.717, 1.165) is 30.9 Å². The van der Waals surface area contributed by atoms with Crippen molar-refractivity contribution in [2.24, 2.45) is 0 Å². The minimum Gasteiger partial charge on any atom is -0.496 e. The maximum absolute atomic E-state index is 12.3. The summed E-state index contributed by atoms with van der Waals surface area (Å²) in [5.74, 6) is 1.11. The van der Waals surface area contributed by atoms with Crippen LogP contribution in [0.2, 0.25) is 0 Å². The highest BCUT2D eigenvalue weighted by Crippen LogP contribution is 2.25. The van der Waals surface area contributed by atoms with Crippen LogP contribution >= 0.6 is 28.1 Å². The van der Waals surface area contributed by atoms with Gasteiger partial charge in [0.05, 0.1) is 17.7 Å². The van der Waals surface area contributed by atoms with Crippen molar-refractivity contribution in [2.75, 3.05) is 25.6 Å². The molecule has 1 atom stereocenters. The molecule has 0 saturated carbocycles. The molecule has 148 valence electrons. The monoisotopic (exact) mass is 464 g/mol. The lowest BCUT2D eigenvalue weighted by molar-refractivity contribution is 0.0679. The number of thiocarbonyl (C=S) groups is 1. The zero-order valence-corrected chi connectivity index (χ0v) is 17.8. The number of carbonyl (C=O) groups is 1. The van der Waals surface area contributed by atoms with Gasteiger partial charge in [0.15, 0.2) is 5.11 Å². The minimum atomic E-state index is -0.308. The number of ether oxygens (including phenoxy) is 3. The highest BCUT2D eigenvalue weighted by atomic mass is 79.9. The van der Waals surface area contributed by atoms with Crippen LogP contribution in [0.5, 0.6) is 11.5 Å². The molecule has 1 aliphatic rings. The minimum absolute atomic E-state index is 0.179. The number of methoxy groups -OCH3 is 1. The Bertz CT molecular complexity index is 839. The van der Waals surface area contributed by atoms with E-state index in [-0.39, 0.29) is 17.1 Å². The summed E-state index contributed by atoms with van der Waals surface area (Å²) in [6.45, 7) is 1.37. The summed E-state index contributed by atoms with van der Waals surface area (Å²) in [7, 11) is 1.57. The zero-order chi connectivity index (χ0) is 19.9. The van der Waals surface area contributed by atoms with Crippen molar-refractivity contribution in [2.45, 2.75) is 18.9 Å². The predicted octanol–water partition coefficient (Wildman–Crippen LogP) is 4.14. The van der Waals surface area contributed by atoms with E-state index >= 15 is 0 Å². The Labute approximate surface area is 177 Å². The summed E-state index contributed by atoms with van der Waals surface area (Å²) in [5, 5.41) is 5.86. The Morgan fingerprint density at radius 1 is 1.29 bits per heavy atom. The maximum Gasteiger partial charge on any atom is 0.257 e. The molecule has 2 N–H and O–H groups in total. The van der Waals surface area contributed by atoms with Gasteiger partial charge >= 0.3 is 0 Å². The number of anilines is 1. The molecule has 1 heterocycles. The van der Waals surface area contributed by atoms with Gasteiger partial charge in [-0.15, -0.1) is 0 Å². The third-order valence-electron chi connectivity index (χ3n) is 4.21. The summed E-state index contributed by atoms with van der Waals surface area (Å²) < 4.78 is 17.1. The van der Waals surface area contributed by atoms with E-state index in [1.54, 1.807) is 25.3 Å². The number of hydrogen-bond acceptors (Lipinski definition) is 5. The van der Waals surface area contributed by atoms with Crippen molar-refractivity contribution in [1.29, 1.82) is 0 Å². The fourth-order valence-electron chi connectivity index (χ4n) is 2.74. The molecular formula is C20H21BrN2O4S. The number of amides is 1. The molecule has 0 bridgehead atoms. The summed E-state index contributed by atoms with van der Waals surface area (Å²) in [5.41, 5.74) is 1.22. The van der Waals surface area contributed by atoms with Gasteiger partial charge in [-0.1, -0.05) is 0 Å². The van der Waals surface area contributed by atoms with Gasteiger partial charge in [0.1, 0.15) is 18.1 Å². The Kier molecular flexibility index (Phi) is 7.24. The molecule has 1 unspecified atom stereocenters. The average Bonchev–Trinajstić information content (AvgIpc) is 3.21. The summed E-state index contributed by atoms with van der Waals surface area (Å²) in [4.78, 5) is 12.3. The summed E-state index contributed by atoms with van der Waals surface area (Å²) in [6, 6.07) is 12.4. The molecule has 1 aliphatic heterocycles. The van der Waals surface area contributed by atoms with Crippen LogP contribution in [0.15, 0.2) is 46.9 Å². The molecular weight excluding hydrogens is 444 g/mol. The van der Waals surface area contributed by atoms with Crippen LogP contribution in [-0.4, -0.2) is 37.4 Å². The van der Waals surface area contributed by atoms with Crippen molar-refractivity contribution in [3.05, 3.63) is 52.5 Å². The van der Waals surface area contributed by atoms with Crippen molar-refractivity contribution in [3.63, 3.8) is 0 Å². The van der Waals surface area contributed by atoms with E-state index in [4.69, 9.17) is 26.4 Å². The first-order valence-electron chi connectivity index (χ1n) is 8.85. The van der Waals surface area contributed by atoms with Crippen LogP contribution < -0.4 is 20.1 Å². The van der Waals surface area contributed by atoms with Crippen LogP contribution in [0.25, 0.3) is 0 Å². The summed E-state index contributed by atoms with van der Waals surface area (Å²) in [6.07, 6.45) is 2.31. The summed E-state index contributed by atoms with van der Waals surface area (Å²) >= 11 is 8.59. The Hall–Kier alpha value is -2.16. The van der Waals surface area contributed by atoms with Crippen molar-refractivity contribution < 1.29 is 19.0 Å². The van der Waals surface area contributed by atoms with Crippen LogP contribution in [0.4, 0.5) is 5.69 Å². The second-order valence-electron chi connectivity index (χ2n) is 6.23. The van der Waals surface area contributed by atoms with Crippen molar-refractivity contribution >= 4 is 44.9 Å². The zero-order valence-electron chi connectivity index (χ0n) is 15.4. The number of benzene rings is 2. The van der Waals surface area contributed by atoms with Gasteiger partial charge in [-0.3, -0.25) is 10.1 Å². The second kappa shape index (κ2) is 9.86. The number of hydrogen-bond donors (Lipinski definition) is 2. The van der Waals surface area contributed by atoms with E-state index in [9.17, 15) is 4.79 Å². The molecule has 1 amide bonds. The second-order valence-corrected chi connectivity index (χ2v) is 7.49. The van der Waals surface area contributed by atoms with Crippen molar-refractivity contribution in [1.82, 2.24) is 5.32 Å². The number of halogens is 1.